The van der Waals surface area contributed by atoms with Gasteiger partial charge in [0.25, 0.3) is 11.8 Å². The molecule has 0 bridgehead atoms. The third-order valence-corrected chi connectivity index (χ3v) is 6.68. The van der Waals surface area contributed by atoms with Gasteiger partial charge in [-0.2, -0.15) is 18.3 Å². The van der Waals surface area contributed by atoms with E-state index in [1.807, 2.05) is 0 Å². The summed E-state index contributed by atoms with van der Waals surface area (Å²) in [6.45, 7) is -0.461. The number of amides is 2. The van der Waals surface area contributed by atoms with Crippen molar-refractivity contribution in [3.63, 3.8) is 0 Å². The minimum atomic E-state index is -4.95. The van der Waals surface area contributed by atoms with Crippen LogP contribution in [0.3, 0.4) is 0 Å². The number of halogens is 5. The van der Waals surface area contributed by atoms with Crippen LogP contribution in [0, 0.1) is 11.6 Å². The van der Waals surface area contributed by atoms with Crippen LogP contribution in [-0.2, 0) is 23.9 Å². The number of aliphatic hydroxyl groups excluding tert-OH is 1. The van der Waals surface area contributed by atoms with E-state index < -0.39 is 71.2 Å². The van der Waals surface area contributed by atoms with E-state index in [0.717, 1.165) is 22.8 Å². The molecule has 0 saturated heterocycles. The molecule has 0 radical (unpaired) electrons. The standard InChI is InChI=1S/C27H20F5N5O5/c1-42-26(41)13-3-4-15-14(7-13)8-21(38)22(15)36-25(40)20-9-19(35-23-18(29)11-34-37(20)23)24(39)33-10-12-2-5-17(28)16(6-12)27(30,31)32/h2-7,9,11,21-22,38H,8,10H2,1H3,(H,33,39)(H,36,40)/t21-,22-/m1/s1. The molecule has 2 atom stereocenters. The number of benzene rings is 2. The number of rotatable bonds is 6. The van der Waals surface area contributed by atoms with E-state index in [9.17, 15) is 41.4 Å². The first-order chi connectivity index (χ1) is 19.9. The van der Waals surface area contributed by atoms with Crippen LogP contribution in [0.5, 0.6) is 0 Å². The molecule has 5 rings (SSSR count). The van der Waals surface area contributed by atoms with Gasteiger partial charge in [0.05, 0.1) is 36.6 Å². The number of ether oxygens (including phenoxy) is 1. The van der Waals surface area contributed by atoms with E-state index in [0.29, 0.717) is 23.3 Å². The van der Waals surface area contributed by atoms with Crippen molar-refractivity contribution in [1.29, 1.82) is 0 Å². The maximum atomic E-state index is 14.4. The Morgan fingerprint density at radius 1 is 1.07 bits per heavy atom. The number of hydrogen-bond donors (Lipinski definition) is 3. The number of carbonyl (C=O) groups is 3. The molecule has 0 aliphatic heterocycles. The Balaban J connectivity index is 1.40. The number of carbonyl (C=O) groups excluding carboxylic acids is 3. The van der Waals surface area contributed by atoms with Crippen molar-refractivity contribution in [3.05, 3.63) is 99.5 Å². The van der Waals surface area contributed by atoms with Crippen LogP contribution in [0.15, 0.2) is 48.7 Å². The molecule has 2 aromatic heterocycles. The predicted octanol–water partition coefficient (Wildman–Crippen LogP) is 3.13. The Morgan fingerprint density at radius 2 is 1.83 bits per heavy atom. The van der Waals surface area contributed by atoms with Crippen molar-refractivity contribution in [3.8, 4) is 0 Å². The average molecular weight is 589 g/mol. The second-order valence-electron chi connectivity index (χ2n) is 9.38. The molecule has 3 N–H and O–H groups in total. The average Bonchev–Trinajstić information content (AvgIpc) is 3.48. The largest absolute Gasteiger partial charge is 0.465 e. The topological polar surface area (TPSA) is 135 Å². The zero-order valence-corrected chi connectivity index (χ0v) is 21.5. The molecule has 1 aliphatic carbocycles. The van der Waals surface area contributed by atoms with E-state index in [1.165, 1.54) is 19.2 Å². The molecule has 0 unspecified atom stereocenters. The molecule has 0 spiro atoms. The fraction of sp³-hybridized carbons (Fsp3) is 0.222. The highest BCUT2D eigenvalue weighted by atomic mass is 19.4. The zero-order valence-electron chi connectivity index (χ0n) is 21.5. The van der Waals surface area contributed by atoms with Crippen molar-refractivity contribution in [2.75, 3.05) is 7.11 Å². The lowest BCUT2D eigenvalue weighted by molar-refractivity contribution is -0.140. The van der Waals surface area contributed by atoms with Crippen molar-refractivity contribution >= 4 is 23.4 Å². The third kappa shape index (κ3) is 5.37. The fourth-order valence-electron chi connectivity index (χ4n) is 4.66. The SMILES string of the molecule is COC(=O)c1ccc2c(c1)C[C@@H](O)[C@@H]2NC(=O)c1cc(C(=O)NCc2ccc(F)c(C(F)(F)F)c2)nc2c(F)cnn12. The predicted molar refractivity (Wildman–Crippen MR) is 133 cm³/mol. The molecule has 2 aromatic carbocycles. The highest BCUT2D eigenvalue weighted by Crippen LogP contribution is 2.33. The van der Waals surface area contributed by atoms with Gasteiger partial charge >= 0.3 is 12.1 Å². The first kappa shape index (κ1) is 28.6. The number of aliphatic hydroxyl groups is 1. The summed E-state index contributed by atoms with van der Waals surface area (Å²) in [6.07, 6.45) is -5.15. The lowest BCUT2D eigenvalue weighted by Gasteiger charge is -2.18. The minimum absolute atomic E-state index is 0.0732. The second kappa shape index (κ2) is 10.8. The highest BCUT2D eigenvalue weighted by Gasteiger charge is 2.35. The Morgan fingerprint density at radius 3 is 2.55 bits per heavy atom. The first-order valence-corrected chi connectivity index (χ1v) is 12.3. The molecule has 2 amide bonds. The van der Waals surface area contributed by atoms with Crippen LogP contribution < -0.4 is 10.6 Å². The summed E-state index contributed by atoms with van der Waals surface area (Å²) in [7, 11) is 1.22. The number of nitrogens with zero attached hydrogens (tertiary/aromatic N) is 3. The number of aromatic nitrogens is 3. The van der Waals surface area contributed by atoms with Crippen LogP contribution in [-0.4, -0.2) is 50.7 Å². The van der Waals surface area contributed by atoms with Gasteiger partial charge in [-0.05, 0) is 41.0 Å². The van der Waals surface area contributed by atoms with Gasteiger partial charge in [0.2, 0.25) is 0 Å². The van der Waals surface area contributed by atoms with Gasteiger partial charge in [-0.1, -0.05) is 12.1 Å². The highest BCUT2D eigenvalue weighted by molar-refractivity contribution is 5.98. The number of nitrogens with one attached hydrogen (secondary N) is 2. The number of esters is 1. The number of hydrogen-bond acceptors (Lipinski definition) is 7. The van der Waals surface area contributed by atoms with Gasteiger partial charge in [-0.25, -0.2) is 23.1 Å². The fourth-order valence-corrected chi connectivity index (χ4v) is 4.66. The lowest BCUT2D eigenvalue weighted by atomic mass is 10.0. The summed E-state index contributed by atoms with van der Waals surface area (Å²) < 4.78 is 72.7. The normalized spacial score (nSPS) is 16.3. The van der Waals surface area contributed by atoms with Gasteiger partial charge < -0.3 is 20.5 Å². The van der Waals surface area contributed by atoms with Crippen LogP contribution >= 0.6 is 0 Å². The minimum Gasteiger partial charge on any atom is -0.465 e. The second-order valence-corrected chi connectivity index (χ2v) is 9.38. The molecule has 0 fully saturated rings. The summed E-state index contributed by atoms with van der Waals surface area (Å²) in [5.74, 6) is -4.84. The van der Waals surface area contributed by atoms with Gasteiger partial charge in [0, 0.05) is 19.0 Å². The molecule has 42 heavy (non-hydrogen) atoms. The third-order valence-electron chi connectivity index (χ3n) is 6.68. The molecular weight excluding hydrogens is 569 g/mol. The van der Waals surface area contributed by atoms with Crippen molar-refractivity contribution in [1.82, 2.24) is 25.2 Å². The van der Waals surface area contributed by atoms with Gasteiger partial charge in [0.1, 0.15) is 17.2 Å². The molecule has 10 nitrogen and oxygen atoms in total. The van der Waals surface area contributed by atoms with Crippen LogP contribution in [0.4, 0.5) is 22.0 Å². The Bertz CT molecular complexity index is 1740. The Labute approximate surface area is 233 Å². The van der Waals surface area contributed by atoms with E-state index in [2.05, 4.69) is 20.7 Å². The summed E-state index contributed by atoms with van der Waals surface area (Å²) >= 11 is 0. The van der Waals surface area contributed by atoms with Crippen molar-refractivity contribution in [2.24, 2.45) is 0 Å². The smallest absolute Gasteiger partial charge is 0.419 e. The molecule has 2 heterocycles. The quantitative estimate of drug-likeness (QED) is 0.232. The number of methoxy groups -OCH3 is 1. The summed E-state index contributed by atoms with van der Waals surface area (Å²) in [4.78, 5) is 41.9. The lowest BCUT2D eigenvalue weighted by Crippen LogP contribution is -2.35. The van der Waals surface area contributed by atoms with Gasteiger partial charge in [-0.3, -0.25) is 9.59 Å². The maximum Gasteiger partial charge on any atom is 0.419 e. The van der Waals surface area contributed by atoms with E-state index in [-0.39, 0.29) is 23.2 Å². The van der Waals surface area contributed by atoms with Crippen LogP contribution in [0.25, 0.3) is 5.65 Å². The Hall–Kier alpha value is -4.92. The van der Waals surface area contributed by atoms with E-state index >= 15 is 0 Å². The summed E-state index contributed by atoms with van der Waals surface area (Å²) in [5, 5.41) is 19.4. The van der Waals surface area contributed by atoms with E-state index in [1.54, 1.807) is 6.07 Å². The van der Waals surface area contributed by atoms with Gasteiger partial charge in [-0.15, -0.1) is 0 Å². The molecule has 1 aliphatic rings. The molecule has 218 valence electrons. The monoisotopic (exact) mass is 589 g/mol. The van der Waals surface area contributed by atoms with Gasteiger partial charge in [0.15, 0.2) is 11.5 Å². The summed E-state index contributed by atoms with van der Waals surface area (Å²) in [5.41, 5.74) is -1.48. The van der Waals surface area contributed by atoms with E-state index in [4.69, 9.17) is 4.74 Å². The number of fused-ring (bicyclic) bond motifs is 2. The van der Waals surface area contributed by atoms with Crippen molar-refractivity contribution in [2.45, 2.75) is 31.3 Å². The Kier molecular flexibility index (Phi) is 7.36. The molecule has 15 heteroatoms. The molecule has 0 saturated carbocycles. The zero-order chi connectivity index (χ0) is 30.3. The van der Waals surface area contributed by atoms with Crippen LogP contribution in [0.2, 0.25) is 0 Å². The van der Waals surface area contributed by atoms with Crippen molar-refractivity contribution < 1.29 is 46.2 Å². The first-order valence-electron chi connectivity index (χ1n) is 12.3. The summed E-state index contributed by atoms with van der Waals surface area (Å²) in [6, 6.07) is 6.83. The molecule has 4 aromatic rings. The van der Waals surface area contributed by atoms with Crippen LogP contribution in [0.1, 0.15) is 59.6 Å². The maximum absolute atomic E-state index is 14.4. The number of alkyl halides is 3. The molecular formula is C27H20F5N5O5.